The van der Waals surface area contributed by atoms with Crippen LogP contribution in [0.15, 0.2) is 15.9 Å². The minimum absolute atomic E-state index is 0. The van der Waals surface area contributed by atoms with Gasteiger partial charge in [0.2, 0.25) is 0 Å². The Morgan fingerprint density at radius 3 is 2.47 bits per heavy atom. The van der Waals surface area contributed by atoms with Crippen LogP contribution in [0.25, 0.3) is 0 Å². The Bertz CT molecular complexity index is 307. The fraction of sp³-hybridized carbons (Fsp3) is 0.429. The second kappa shape index (κ2) is 7.15. The first kappa shape index (κ1) is 16.6. The molecular formula is C7H9BBrF3KNS. The molecule has 1 rings (SSSR count). The molecule has 15 heavy (non-hydrogen) atoms. The summed E-state index contributed by atoms with van der Waals surface area (Å²) in [6, 6.07) is 1.84. The summed E-state index contributed by atoms with van der Waals surface area (Å²) in [7, 11) is 1.48. The summed E-state index contributed by atoms with van der Waals surface area (Å²) in [6.45, 7) is -4.37. The van der Waals surface area contributed by atoms with Gasteiger partial charge >= 0.3 is 58.4 Å². The van der Waals surface area contributed by atoms with Crippen molar-refractivity contribution < 1.29 is 64.3 Å². The fourth-order valence-electron chi connectivity index (χ4n) is 1.12. The minimum Gasteiger partial charge on any atom is -0.448 e. The molecule has 0 amide bonds. The van der Waals surface area contributed by atoms with E-state index in [1.165, 1.54) is 23.3 Å². The average Bonchev–Trinajstić information content (AvgIpc) is 2.30. The van der Waals surface area contributed by atoms with Crippen LogP contribution in [-0.4, -0.2) is 25.4 Å². The molecule has 1 heterocycles. The van der Waals surface area contributed by atoms with Crippen LogP contribution in [0, 0.1) is 0 Å². The van der Waals surface area contributed by atoms with E-state index in [0.29, 0.717) is 6.54 Å². The molecule has 0 spiro atoms. The van der Waals surface area contributed by atoms with Gasteiger partial charge in [-0.3, -0.25) is 0 Å². The van der Waals surface area contributed by atoms with E-state index < -0.39 is 13.4 Å². The smallest absolute Gasteiger partial charge is 0.448 e. The molecule has 0 saturated carbocycles. The molecule has 0 fully saturated rings. The normalized spacial score (nSPS) is 11.6. The Kier molecular flexibility index (Phi) is 7.93. The molecule has 0 N–H and O–H groups in total. The quantitative estimate of drug-likeness (QED) is 0.721. The van der Waals surface area contributed by atoms with Crippen molar-refractivity contribution in [1.29, 1.82) is 0 Å². The average molecular weight is 326 g/mol. The number of rotatable bonds is 4. The SMILES string of the molecule is CN(Cc1cc(Br)cs1)C[B-](F)(F)F.[K+]. The summed E-state index contributed by atoms with van der Waals surface area (Å²) in [6.07, 6.45) is -0.810. The van der Waals surface area contributed by atoms with Gasteiger partial charge in [-0.15, -0.1) is 11.3 Å². The van der Waals surface area contributed by atoms with Crippen LogP contribution in [-0.2, 0) is 6.54 Å². The van der Waals surface area contributed by atoms with Gasteiger partial charge in [0.25, 0.3) is 0 Å². The van der Waals surface area contributed by atoms with E-state index >= 15 is 0 Å². The Morgan fingerprint density at radius 2 is 2.07 bits per heavy atom. The minimum atomic E-state index is -4.72. The summed E-state index contributed by atoms with van der Waals surface area (Å²) >= 11 is 4.71. The number of hydrogen-bond acceptors (Lipinski definition) is 2. The van der Waals surface area contributed by atoms with E-state index in [1.54, 1.807) is 0 Å². The first-order valence-corrected chi connectivity index (χ1v) is 5.66. The van der Waals surface area contributed by atoms with Gasteiger partial charge in [-0.25, -0.2) is 0 Å². The van der Waals surface area contributed by atoms with Crippen molar-refractivity contribution >= 4 is 34.2 Å². The van der Waals surface area contributed by atoms with Crippen molar-refractivity contribution in [2.24, 2.45) is 0 Å². The first-order valence-electron chi connectivity index (χ1n) is 3.99. The number of hydrogen-bond donors (Lipinski definition) is 0. The van der Waals surface area contributed by atoms with Gasteiger partial charge < -0.3 is 17.8 Å². The maximum absolute atomic E-state index is 12.0. The second-order valence-electron chi connectivity index (χ2n) is 3.14. The Balaban J connectivity index is 0.00000196. The molecule has 1 aromatic heterocycles. The molecule has 8 heteroatoms. The largest absolute Gasteiger partial charge is 1.00 e. The van der Waals surface area contributed by atoms with Crippen molar-refractivity contribution in [3.63, 3.8) is 0 Å². The summed E-state index contributed by atoms with van der Waals surface area (Å²) in [5.74, 6) is 0. The van der Waals surface area contributed by atoms with E-state index in [4.69, 9.17) is 0 Å². The summed E-state index contributed by atoms with van der Waals surface area (Å²) in [4.78, 5) is 2.21. The van der Waals surface area contributed by atoms with Crippen LogP contribution >= 0.6 is 27.3 Å². The zero-order valence-electron chi connectivity index (χ0n) is 8.51. The summed E-state index contributed by atoms with van der Waals surface area (Å²) in [5, 5.41) is 1.86. The molecule has 0 unspecified atom stereocenters. The van der Waals surface area contributed by atoms with Crippen molar-refractivity contribution in [2.75, 3.05) is 13.5 Å². The number of nitrogens with zero attached hydrogens (tertiary/aromatic N) is 1. The summed E-state index contributed by atoms with van der Waals surface area (Å²) in [5.41, 5.74) is 0. The van der Waals surface area contributed by atoms with Crippen LogP contribution in [0.3, 0.4) is 0 Å². The zero-order valence-corrected chi connectivity index (χ0v) is 14.0. The topological polar surface area (TPSA) is 3.24 Å². The zero-order chi connectivity index (χ0) is 10.8. The maximum atomic E-state index is 12.0. The van der Waals surface area contributed by atoms with E-state index in [-0.39, 0.29) is 51.4 Å². The molecule has 0 aliphatic rings. The molecular weight excluding hydrogens is 317 g/mol. The second-order valence-corrected chi connectivity index (χ2v) is 5.05. The van der Waals surface area contributed by atoms with Gasteiger partial charge in [-0.2, -0.15) is 0 Å². The number of thiophene rings is 1. The van der Waals surface area contributed by atoms with Crippen LogP contribution in [0.5, 0.6) is 0 Å². The van der Waals surface area contributed by atoms with E-state index in [1.807, 2.05) is 11.4 Å². The van der Waals surface area contributed by atoms with Crippen molar-refractivity contribution in [1.82, 2.24) is 4.90 Å². The molecule has 0 atom stereocenters. The van der Waals surface area contributed by atoms with Gasteiger partial charge in [0.1, 0.15) is 0 Å². The van der Waals surface area contributed by atoms with Crippen LogP contribution in [0.4, 0.5) is 12.9 Å². The molecule has 0 saturated heterocycles. The molecule has 0 bridgehead atoms. The Morgan fingerprint density at radius 1 is 1.47 bits per heavy atom. The summed E-state index contributed by atoms with van der Waals surface area (Å²) < 4.78 is 37.0. The monoisotopic (exact) mass is 325 g/mol. The van der Waals surface area contributed by atoms with Gasteiger partial charge in [-0.05, 0) is 35.5 Å². The Hall–Kier alpha value is 1.63. The van der Waals surface area contributed by atoms with Crippen molar-refractivity contribution in [3.05, 3.63) is 20.8 Å². The number of halogens is 4. The van der Waals surface area contributed by atoms with Gasteiger partial charge in [0, 0.05) is 21.3 Å². The standard InChI is InChI=1S/C7H9BBrF3NS.K/c1-13(5-8(10,11)12)3-7-2-6(9)4-14-7;/h2,4H,3,5H2,1H3;/q-1;+1. The van der Waals surface area contributed by atoms with Gasteiger partial charge in [0.15, 0.2) is 0 Å². The van der Waals surface area contributed by atoms with Gasteiger partial charge in [-0.1, -0.05) is 0 Å². The maximum Gasteiger partial charge on any atom is 1.00 e. The fourth-order valence-corrected chi connectivity index (χ4v) is 2.65. The van der Waals surface area contributed by atoms with Crippen molar-refractivity contribution in [2.45, 2.75) is 6.54 Å². The molecule has 1 aromatic rings. The Labute approximate surface area is 142 Å². The van der Waals surface area contributed by atoms with E-state index in [0.717, 1.165) is 9.35 Å². The van der Waals surface area contributed by atoms with Crippen LogP contribution < -0.4 is 51.4 Å². The van der Waals surface area contributed by atoms with Gasteiger partial charge in [0.05, 0.1) is 0 Å². The third-order valence-electron chi connectivity index (χ3n) is 1.57. The van der Waals surface area contributed by atoms with Crippen LogP contribution in [0.2, 0.25) is 0 Å². The van der Waals surface area contributed by atoms with E-state index in [2.05, 4.69) is 15.9 Å². The predicted molar refractivity (Wildman–Crippen MR) is 57.4 cm³/mol. The predicted octanol–water partition coefficient (Wildman–Crippen LogP) is 0.333. The molecule has 0 aliphatic carbocycles. The van der Waals surface area contributed by atoms with Crippen LogP contribution in [0.1, 0.15) is 4.88 Å². The molecule has 0 radical (unpaired) electrons. The first-order chi connectivity index (χ1) is 6.37. The molecule has 80 valence electrons. The van der Waals surface area contributed by atoms with Crippen molar-refractivity contribution in [3.8, 4) is 0 Å². The molecule has 0 aliphatic heterocycles. The molecule has 0 aromatic carbocycles. The molecule has 1 nitrogen and oxygen atoms in total. The van der Waals surface area contributed by atoms with E-state index in [9.17, 15) is 12.9 Å². The third kappa shape index (κ3) is 7.54. The third-order valence-corrected chi connectivity index (χ3v) is 3.25.